The maximum Gasteiger partial charge on any atom is 0.175 e. The Kier molecular flexibility index (Phi) is 4.69. The largest absolute Gasteiger partial charge is 0.292 e. The minimum atomic E-state index is -0.108. The van der Waals surface area contributed by atoms with Crippen LogP contribution in [0, 0.1) is 0 Å². The SMILES string of the molecule is CN=C(/C=C/c1ccc[n+](C)c1)C(C)(C)c1ccccc1. The Morgan fingerprint density at radius 1 is 1.10 bits per heavy atom. The van der Waals surface area contributed by atoms with Crippen LogP contribution in [0.1, 0.15) is 25.0 Å². The second-order valence-electron chi connectivity index (χ2n) is 5.74. The van der Waals surface area contributed by atoms with E-state index in [9.17, 15) is 0 Å². The van der Waals surface area contributed by atoms with Gasteiger partial charge in [0.15, 0.2) is 12.4 Å². The maximum atomic E-state index is 4.50. The first-order valence-corrected chi connectivity index (χ1v) is 7.20. The molecule has 0 fully saturated rings. The third-order valence-electron chi connectivity index (χ3n) is 3.77. The van der Waals surface area contributed by atoms with E-state index in [2.05, 4.69) is 67.5 Å². The highest BCUT2D eigenvalue weighted by atomic mass is 14.9. The van der Waals surface area contributed by atoms with E-state index in [4.69, 9.17) is 0 Å². The molecule has 1 aromatic heterocycles. The standard InChI is InChI=1S/C19H23N2/c1-19(2,17-10-6-5-7-11-17)18(20-3)13-12-16-9-8-14-21(4)15-16/h5-15H,1-4H3/q+1/b13-12+,20-18?. The average Bonchev–Trinajstić information content (AvgIpc) is 2.48. The Balaban J connectivity index is 2.28. The topological polar surface area (TPSA) is 16.2 Å². The van der Waals surface area contributed by atoms with Crippen LogP contribution in [0.15, 0.2) is 65.9 Å². The zero-order valence-electron chi connectivity index (χ0n) is 13.2. The van der Waals surface area contributed by atoms with E-state index in [-0.39, 0.29) is 5.41 Å². The van der Waals surface area contributed by atoms with Crippen LogP contribution in [0.5, 0.6) is 0 Å². The fourth-order valence-corrected chi connectivity index (χ4v) is 2.45. The molecule has 2 heteroatoms. The molecule has 0 radical (unpaired) electrons. The van der Waals surface area contributed by atoms with E-state index in [1.165, 1.54) is 11.1 Å². The van der Waals surface area contributed by atoms with Crippen molar-refractivity contribution in [1.82, 2.24) is 0 Å². The van der Waals surface area contributed by atoms with Crippen LogP contribution < -0.4 is 4.57 Å². The van der Waals surface area contributed by atoms with Gasteiger partial charge in [-0.2, -0.15) is 0 Å². The fourth-order valence-electron chi connectivity index (χ4n) is 2.45. The highest BCUT2D eigenvalue weighted by molar-refractivity contribution is 6.05. The van der Waals surface area contributed by atoms with Crippen LogP contribution in [0.4, 0.5) is 0 Å². The molecule has 2 rings (SSSR count). The van der Waals surface area contributed by atoms with Crippen molar-refractivity contribution in [3.8, 4) is 0 Å². The van der Waals surface area contributed by atoms with Gasteiger partial charge < -0.3 is 0 Å². The molecule has 1 aromatic carbocycles. The van der Waals surface area contributed by atoms with Crippen LogP contribution in [-0.4, -0.2) is 12.8 Å². The van der Waals surface area contributed by atoms with Gasteiger partial charge in [0.1, 0.15) is 7.05 Å². The van der Waals surface area contributed by atoms with E-state index in [0.29, 0.717) is 0 Å². The maximum absolute atomic E-state index is 4.50. The summed E-state index contributed by atoms with van der Waals surface area (Å²) in [4.78, 5) is 4.50. The lowest BCUT2D eigenvalue weighted by molar-refractivity contribution is -0.671. The molecule has 0 N–H and O–H groups in total. The third kappa shape index (κ3) is 3.66. The normalized spacial score (nSPS) is 12.9. The first kappa shape index (κ1) is 15.2. The first-order valence-electron chi connectivity index (χ1n) is 7.20. The molecule has 0 atom stereocenters. The Bertz CT molecular complexity index is 652. The molecule has 0 aliphatic rings. The zero-order valence-corrected chi connectivity index (χ0v) is 13.2. The molecule has 108 valence electrons. The molecule has 0 aliphatic carbocycles. The number of hydrogen-bond donors (Lipinski definition) is 0. The minimum absolute atomic E-state index is 0.108. The summed E-state index contributed by atoms with van der Waals surface area (Å²) in [7, 11) is 3.88. The lowest BCUT2D eigenvalue weighted by Crippen LogP contribution is -2.28. The summed E-state index contributed by atoms with van der Waals surface area (Å²) in [5.74, 6) is 0. The molecule has 0 aliphatic heterocycles. The number of hydrogen-bond acceptors (Lipinski definition) is 1. The molecule has 0 saturated heterocycles. The second-order valence-corrected chi connectivity index (χ2v) is 5.74. The lowest BCUT2D eigenvalue weighted by Gasteiger charge is -2.25. The second kappa shape index (κ2) is 6.49. The van der Waals surface area contributed by atoms with Gasteiger partial charge in [-0.1, -0.05) is 44.2 Å². The van der Waals surface area contributed by atoms with Gasteiger partial charge in [0, 0.05) is 29.8 Å². The van der Waals surface area contributed by atoms with Crippen molar-refractivity contribution < 1.29 is 4.57 Å². The highest BCUT2D eigenvalue weighted by Gasteiger charge is 2.24. The summed E-state index contributed by atoms with van der Waals surface area (Å²) in [6, 6.07) is 14.6. The van der Waals surface area contributed by atoms with Gasteiger partial charge in [-0.25, -0.2) is 4.57 Å². The molecule has 1 heterocycles. The predicted molar refractivity (Wildman–Crippen MR) is 89.5 cm³/mol. The number of rotatable bonds is 4. The van der Waals surface area contributed by atoms with Gasteiger partial charge in [-0.3, -0.25) is 4.99 Å². The molecule has 2 aromatic rings. The number of benzene rings is 1. The van der Waals surface area contributed by atoms with Gasteiger partial charge >= 0.3 is 0 Å². The number of aryl methyl sites for hydroxylation is 1. The van der Waals surface area contributed by atoms with E-state index in [0.717, 1.165) is 5.71 Å². The van der Waals surface area contributed by atoms with Crippen molar-refractivity contribution in [3.63, 3.8) is 0 Å². The zero-order chi connectivity index (χ0) is 15.3. The van der Waals surface area contributed by atoms with E-state index >= 15 is 0 Å². The summed E-state index contributed by atoms with van der Waals surface area (Å²) < 4.78 is 2.05. The smallest absolute Gasteiger partial charge is 0.175 e. The van der Waals surface area contributed by atoms with Crippen molar-refractivity contribution in [2.24, 2.45) is 12.0 Å². The molecule has 0 bridgehead atoms. The number of nitrogens with zero attached hydrogens (tertiary/aromatic N) is 2. The van der Waals surface area contributed by atoms with Gasteiger partial charge in [-0.15, -0.1) is 0 Å². The van der Waals surface area contributed by atoms with E-state index < -0.39 is 0 Å². The van der Waals surface area contributed by atoms with Gasteiger partial charge in [-0.05, 0) is 23.8 Å². The Hall–Kier alpha value is -2.22. The number of allylic oxidation sites excluding steroid dienone is 1. The summed E-state index contributed by atoms with van der Waals surface area (Å²) in [5.41, 5.74) is 3.41. The summed E-state index contributed by atoms with van der Waals surface area (Å²) in [5, 5.41) is 0. The van der Waals surface area contributed by atoms with Crippen LogP contribution >= 0.6 is 0 Å². The molecule has 0 unspecified atom stereocenters. The Labute approximate surface area is 127 Å². The molecule has 0 saturated carbocycles. The Morgan fingerprint density at radius 2 is 1.81 bits per heavy atom. The van der Waals surface area contributed by atoms with Crippen LogP contribution in [0.3, 0.4) is 0 Å². The molecule has 0 amide bonds. The summed E-state index contributed by atoms with van der Waals surface area (Å²) >= 11 is 0. The van der Waals surface area contributed by atoms with Gasteiger partial charge in [0.25, 0.3) is 0 Å². The molecular weight excluding hydrogens is 256 g/mol. The van der Waals surface area contributed by atoms with Gasteiger partial charge in [0.2, 0.25) is 0 Å². The monoisotopic (exact) mass is 279 g/mol. The van der Waals surface area contributed by atoms with E-state index in [1.54, 1.807) is 0 Å². The quantitative estimate of drug-likeness (QED) is 0.601. The third-order valence-corrected chi connectivity index (χ3v) is 3.77. The fraction of sp³-hybridized carbons (Fsp3) is 0.263. The Morgan fingerprint density at radius 3 is 2.43 bits per heavy atom. The predicted octanol–water partition coefficient (Wildman–Crippen LogP) is 3.57. The van der Waals surface area contributed by atoms with Crippen LogP contribution in [-0.2, 0) is 12.5 Å². The summed E-state index contributed by atoms with van der Waals surface area (Å²) in [6.45, 7) is 4.42. The number of pyridine rings is 1. The van der Waals surface area contributed by atoms with Crippen molar-refractivity contribution in [1.29, 1.82) is 0 Å². The van der Waals surface area contributed by atoms with Crippen LogP contribution in [0.25, 0.3) is 6.08 Å². The summed E-state index contributed by atoms with van der Waals surface area (Å²) in [6.07, 6.45) is 8.36. The molecule has 21 heavy (non-hydrogen) atoms. The van der Waals surface area contributed by atoms with E-state index in [1.807, 2.05) is 37.0 Å². The number of aromatic nitrogens is 1. The minimum Gasteiger partial charge on any atom is -0.292 e. The van der Waals surface area contributed by atoms with Gasteiger partial charge in [0.05, 0.1) is 0 Å². The first-order chi connectivity index (χ1) is 10.0. The molecular formula is C19H23N2+. The number of aliphatic imine (C=N–C) groups is 1. The average molecular weight is 279 g/mol. The van der Waals surface area contributed by atoms with Crippen molar-refractivity contribution in [2.75, 3.05) is 7.05 Å². The van der Waals surface area contributed by atoms with Crippen LogP contribution in [0.2, 0.25) is 0 Å². The van der Waals surface area contributed by atoms with Crippen molar-refractivity contribution in [3.05, 3.63) is 72.1 Å². The molecule has 2 nitrogen and oxygen atoms in total. The lowest BCUT2D eigenvalue weighted by atomic mass is 9.79. The van der Waals surface area contributed by atoms with Crippen molar-refractivity contribution in [2.45, 2.75) is 19.3 Å². The highest BCUT2D eigenvalue weighted by Crippen LogP contribution is 2.25. The van der Waals surface area contributed by atoms with Crippen molar-refractivity contribution >= 4 is 11.8 Å². The molecule has 0 spiro atoms.